The van der Waals surface area contributed by atoms with E-state index in [2.05, 4.69) is 0 Å². The van der Waals surface area contributed by atoms with Gasteiger partial charge in [0.2, 0.25) is 0 Å². The molecule has 20 heavy (non-hydrogen) atoms. The molecule has 1 saturated carbocycles. The fraction of sp³-hybridized carbons (Fsp3) is 0.625. The van der Waals surface area contributed by atoms with Gasteiger partial charge in [0.25, 0.3) is 5.56 Å². The lowest BCUT2D eigenvalue weighted by Gasteiger charge is -2.15. The first-order valence-corrected chi connectivity index (χ1v) is 7.45. The molecule has 0 radical (unpaired) electrons. The van der Waals surface area contributed by atoms with Crippen molar-refractivity contribution in [3.05, 3.63) is 33.2 Å². The van der Waals surface area contributed by atoms with Crippen LogP contribution >= 0.6 is 0 Å². The highest BCUT2D eigenvalue weighted by Crippen LogP contribution is 2.28. The van der Waals surface area contributed by atoms with Gasteiger partial charge in [0, 0.05) is 18.3 Å². The van der Waals surface area contributed by atoms with Crippen LogP contribution in [0, 0.1) is 19.8 Å². The van der Waals surface area contributed by atoms with Gasteiger partial charge < -0.3 is 9.67 Å². The number of aryl methyl sites for hydroxylation is 1. The van der Waals surface area contributed by atoms with Crippen molar-refractivity contribution in [2.45, 2.75) is 58.9 Å². The number of rotatable bonds is 5. The quantitative estimate of drug-likeness (QED) is 0.899. The first-order valence-electron chi connectivity index (χ1n) is 7.45. The van der Waals surface area contributed by atoms with Crippen LogP contribution in [0.25, 0.3) is 0 Å². The van der Waals surface area contributed by atoms with Gasteiger partial charge >= 0.3 is 5.97 Å². The SMILES string of the molecule is Cc1cc(=O)n(CCCC2CCCC2)c(C)c1C(=O)O. The van der Waals surface area contributed by atoms with E-state index in [4.69, 9.17) is 0 Å². The summed E-state index contributed by atoms with van der Waals surface area (Å²) >= 11 is 0. The molecule has 0 atom stereocenters. The molecule has 0 aliphatic heterocycles. The molecule has 2 rings (SSSR count). The third-order valence-electron chi connectivity index (χ3n) is 4.45. The second kappa shape index (κ2) is 6.25. The van der Waals surface area contributed by atoms with Gasteiger partial charge in [-0.1, -0.05) is 25.7 Å². The third-order valence-corrected chi connectivity index (χ3v) is 4.45. The molecule has 1 aromatic rings. The normalized spacial score (nSPS) is 15.7. The summed E-state index contributed by atoms with van der Waals surface area (Å²) in [7, 11) is 0. The Morgan fingerprint density at radius 2 is 2.00 bits per heavy atom. The monoisotopic (exact) mass is 277 g/mol. The number of aromatic carboxylic acids is 1. The Hall–Kier alpha value is -1.58. The predicted molar refractivity (Wildman–Crippen MR) is 78.3 cm³/mol. The maximum atomic E-state index is 12.0. The van der Waals surface area contributed by atoms with Gasteiger partial charge in [-0.3, -0.25) is 4.79 Å². The number of carboxylic acids is 1. The van der Waals surface area contributed by atoms with E-state index >= 15 is 0 Å². The zero-order valence-corrected chi connectivity index (χ0v) is 12.3. The van der Waals surface area contributed by atoms with E-state index in [0.717, 1.165) is 18.8 Å². The lowest BCUT2D eigenvalue weighted by molar-refractivity contribution is 0.0694. The smallest absolute Gasteiger partial charge is 0.337 e. The number of carboxylic acid groups (broad SMARTS) is 1. The highest BCUT2D eigenvalue weighted by molar-refractivity contribution is 5.90. The van der Waals surface area contributed by atoms with E-state index < -0.39 is 5.97 Å². The average molecular weight is 277 g/mol. The average Bonchev–Trinajstić information content (AvgIpc) is 2.85. The summed E-state index contributed by atoms with van der Waals surface area (Å²) in [5.74, 6) is -0.153. The van der Waals surface area contributed by atoms with Gasteiger partial charge in [-0.25, -0.2) is 4.79 Å². The van der Waals surface area contributed by atoms with E-state index in [-0.39, 0.29) is 11.1 Å². The molecule has 1 fully saturated rings. The Morgan fingerprint density at radius 1 is 1.35 bits per heavy atom. The fourth-order valence-electron chi connectivity index (χ4n) is 3.36. The molecule has 0 amide bonds. The summed E-state index contributed by atoms with van der Waals surface area (Å²) in [6.45, 7) is 4.04. The van der Waals surface area contributed by atoms with Crippen LogP contribution in [0.5, 0.6) is 0 Å². The van der Waals surface area contributed by atoms with Crippen molar-refractivity contribution in [3.8, 4) is 0 Å². The van der Waals surface area contributed by atoms with Crippen LogP contribution in [0.3, 0.4) is 0 Å². The van der Waals surface area contributed by atoms with Crippen molar-refractivity contribution in [1.29, 1.82) is 0 Å². The maximum absolute atomic E-state index is 12.0. The molecule has 0 unspecified atom stereocenters. The Morgan fingerprint density at radius 3 is 2.60 bits per heavy atom. The van der Waals surface area contributed by atoms with Gasteiger partial charge in [0.15, 0.2) is 0 Å². The van der Waals surface area contributed by atoms with Gasteiger partial charge in [-0.2, -0.15) is 0 Å². The molecule has 110 valence electrons. The summed E-state index contributed by atoms with van der Waals surface area (Å²) in [5, 5.41) is 9.24. The molecule has 1 aromatic heterocycles. The molecule has 1 heterocycles. The van der Waals surface area contributed by atoms with Crippen LogP contribution in [-0.2, 0) is 6.54 Å². The van der Waals surface area contributed by atoms with E-state index in [1.807, 2.05) is 0 Å². The number of hydrogen-bond acceptors (Lipinski definition) is 2. The van der Waals surface area contributed by atoms with Crippen molar-refractivity contribution in [2.75, 3.05) is 0 Å². The van der Waals surface area contributed by atoms with Crippen LogP contribution in [0.15, 0.2) is 10.9 Å². The second-order valence-corrected chi connectivity index (χ2v) is 5.88. The molecular formula is C16H23NO3. The highest BCUT2D eigenvalue weighted by atomic mass is 16.4. The van der Waals surface area contributed by atoms with E-state index in [1.165, 1.54) is 31.7 Å². The maximum Gasteiger partial charge on any atom is 0.337 e. The van der Waals surface area contributed by atoms with E-state index in [0.29, 0.717) is 17.8 Å². The van der Waals surface area contributed by atoms with Crippen LogP contribution in [0.4, 0.5) is 0 Å². The number of nitrogens with zero attached hydrogens (tertiary/aromatic N) is 1. The summed E-state index contributed by atoms with van der Waals surface area (Å²) in [5.41, 5.74) is 1.31. The summed E-state index contributed by atoms with van der Waals surface area (Å²) in [6, 6.07) is 1.44. The van der Waals surface area contributed by atoms with Gasteiger partial charge in [-0.05, 0) is 38.2 Å². The molecular weight excluding hydrogens is 254 g/mol. The molecule has 4 nitrogen and oxygen atoms in total. The van der Waals surface area contributed by atoms with Gasteiger partial charge in [-0.15, -0.1) is 0 Å². The van der Waals surface area contributed by atoms with Crippen LogP contribution in [0.1, 0.15) is 60.1 Å². The molecule has 1 N–H and O–H groups in total. The Labute approximate surface area is 119 Å². The lowest BCUT2D eigenvalue weighted by atomic mass is 10.0. The molecule has 0 aromatic carbocycles. The van der Waals surface area contributed by atoms with E-state index in [9.17, 15) is 14.7 Å². The minimum absolute atomic E-state index is 0.0866. The minimum Gasteiger partial charge on any atom is -0.478 e. The number of pyridine rings is 1. The lowest BCUT2D eigenvalue weighted by Crippen LogP contribution is -2.25. The van der Waals surface area contributed by atoms with Crippen molar-refractivity contribution in [2.24, 2.45) is 5.92 Å². The molecule has 0 spiro atoms. The molecule has 4 heteroatoms. The second-order valence-electron chi connectivity index (χ2n) is 5.88. The topological polar surface area (TPSA) is 59.3 Å². The zero-order chi connectivity index (χ0) is 14.7. The number of hydrogen-bond donors (Lipinski definition) is 1. The Kier molecular flexibility index (Phi) is 4.63. The highest BCUT2D eigenvalue weighted by Gasteiger charge is 2.17. The first-order chi connectivity index (χ1) is 9.50. The first kappa shape index (κ1) is 14.8. The van der Waals surface area contributed by atoms with Crippen LogP contribution < -0.4 is 5.56 Å². The van der Waals surface area contributed by atoms with E-state index in [1.54, 1.807) is 18.4 Å². The third kappa shape index (κ3) is 3.11. The molecule has 0 saturated heterocycles. The Bertz CT molecular complexity index is 554. The largest absolute Gasteiger partial charge is 0.478 e. The van der Waals surface area contributed by atoms with Crippen LogP contribution in [-0.4, -0.2) is 15.6 Å². The summed E-state index contributed by atoms with van der Waals surface area (Å²) in [6.07, 6.45) is 7.37. The summed E-state index contributed by atoms with van der Waals surface area (Å²) < 4.78 is 1.62. The standard InChI is InChI=1S/C16H23NO3/c1-11-10-14(18)17(12(2)15(11)16(19)20)9-5-8-13-6-3-4-7-13/h10,13H,3-9H2,1-2H3,(H,19,20). The predicted octanol–water partition coefficient (Wildman–Crippen LogP) is 3.13. The van der Waals surface area contributed by atoms with Gasteiger partial charge in [0.05, 0.1) is 5.56 Å². The van der Waals surface area contributed by atoms with Crippen molar-refractivity contribution in [1.82, 2.24) is 4.57 Å². The van der Waals surface area contributed by atoms with Crippen molar-refractivity contribution >= 4 is 5.97 Å². The van der Waals surface area contributed by atoms with Crippen molar-refractivity contribution in [3.63, 3.8) is 0 Å². The fourth-order valence-corrected chi connectivity index (χ4v) is 3.36. The van der Waals surface area contributed by atoms with Gasteiger partial charge in [0.1, 0.15) is 0 Å². The molecule has 1 aliphatic rings. The number of carbonyl (C=O) groups is 1. The Balaban J connectivity index is 2.12. The van der Waals surface area contributed by atoms with Crippen LogP contribution in [0.2, 0.25) is 0 Å². The summed E-state index contributed by atoms with van der Waals surface area (Å²) in [4.78, 5) is 23.3. The molecule has 1 aliphatic carbocycles. The minimum atomic E-state index is -0.954. The number of aromatic nitrogens is 1. The zero-order valence-electron chi connectivity index (χ0n) is 12.3. The van der Waals surface area contributed by atoms with Crippen molar-refractivity contribution < 1.29 is 9.90 Å². The molecule has 0 bridgehead atoms.